The highest BCUT2D eigenvalue weighted by Gasteiger charge is 2.25. The number of ether oxygens (including phenoxy) is 1. The zero-order valence-electron chi connectivity index (χ0n) is 7.48. The lowest BCUT2D eigenvalue weighted by Gasteiger charge is -2.15. The molecule has 2 N–H and O–H groups in total. The van der Waals surface area contributed by atoms with Crippen molar-refractivity contribution < 1.29 is 14.2 Å². The van der Waals surface area contributed by atoms with Crippen LogP contribution in [0.5, 0.6) is 0 Å². The molecular weight excluding hydrogens is 187 g/mol. The maximum atomic E-state index is 12.7. The topological polar surface area (TPSA) is 54.4 Å². The zero-order chi connectivity index (χ0) is 9.97. The number of aromatic nitrogens is 1. The van der Waals surface area contributed by atoms with Crippen molar-refractivity contribution >= 4 is 5.69 Å². The second kappa shape index (κ2) is 3.89. The maximum Gasteiger partial charge on any atom is 0.214 e. The van der Waals surface area contributed by atoms with Gasteiger partial charge in [0.2, 0.25) is 5.95 Å². The minimum atomic E-state index is -0.539. The van der Waals surface area contributed by atoms with Crippen molar-refractivity contribution in [1.82, 2.24) is 4.98 Å². The summed E-state index contributed by atoms with van der Waals surface area (Å²) in [5, 5.41) is 12.4. The molecule has 2 unspecified atom stereocenters. The normalized spacial score (nSPS) is 26.4. The molecule has 0 amide bonds. The van der Waals surface area contributed by atoms with Gasteiger partial charge in [-0.25, -0.2) is 4.98 Å². The summed E-state index contributed by atoms with van der Waals surface area (Å²) in [6, 6.07) is 2.76. The summed E-state index contributed by atoms with van der Waals surface area (Å²) in [4.78, 5) is 3.43. The molecule has 0 aromatic carbocycles. The van der Waals surface area contributed by atoms with E-state index in [1.807, 2.05) is 0 Å². The van der Waals surface area contributed by atoms with E-state index in [1.165, 1.54) is 12.3 Å². The quantitative estimate of drug-likeness (QED) is 0.675. The third-order valence-electron chi connectivity index (χ3n) is 2.13. The number of anilines is 1. The standard InChI is InChI=1S/C9H11FN2O2/c10-9-3-6(1-2-11-9)12-7-4-14-5-8(7)13/h1-3,7-8,13H,4-5H2,(H,11,12). The molecule has 1 aliphatic heterocycles. The van der Waals surface area contributed by atoms with Gasteiger partial charge in [0.05, 0.1) is 25.4 Å². The second-order valence-electron chi connectivity index (χ2n) is 3.22. The molecule has 1 aromatic heterocycles. The van der Waals surface area contributed by atoms with Gasteiger partial charge in [0.1, 0.15) is 0 Å². The smallest absolute Gasteiger partial charge is 0.214 e. The number of nitrogens with zero attached hydrogens (tertiary/aromatic N) is 1. The van der Waals surface area contributed by atoms with Crippen molar-refractivity contribution in [1.29, 1.82) is 0 Å². The number of hydrogen-bond acceptors (Lipinski definition) is 4. The number of nitrogens with one attached hydrogen (secondary N) is 1. The van der Waals surface area contributed by atoms with Crippen molar-refractivity contribution in [3.63, 3.8) is 0 Å². The van der Waals surface area contributed by atoms with Gasteiger partial charge in [0.15, 0.2) is 0 Å². The first-order valence-corrected chi connectivity index (χ1v) is 4.39. The van der Waals surface area contributed by atoms with Gasteiger partial charge < -0.3 is 15.2 Å². The highest BCUT2D eigenvalue weighted by atomic mass is 19.1. The summed E-state index contributed by atoms with van der Waals surface area (Å²) in [5.74, 6) is -0.539. The third kappa shape index (κ3) is 2.00. The van der Waals surface area contributed by atoms with Crippen molar-refractivity contribution in [3.8, 4) is 0 Å². The molecule has 0 bridgehead atoms. The number of aliphatic hydroxyl groups is 1. The fourth-order valence-electron chi connectivity index (χ4n) is 1.39. The largest absolute Gasteiger partial charge is 0.388 e. The lowest BCUT2D eigenvalue weighted by atomic mass is 10.2. The Kier molecular flexibility index (Phi) is 2.60. The predicted molar refractivity (Wildman–Crippen MR) is 48.4 cm³/mol. The average Bonchev–Trinajstić information content (AvgIpc) is 2.52. The Morgan fingerprint density at radius 3 is 3.07 bits per heavy atom. The summed E-state index contributed by atoms with van der Waals surface area (Å²) in [6.45, 7) is 0.760. The molecule has 4 nitrogen and oxygen atoms in total. The SMILES string of the molecule is OC1COCC1Nc1ccnc(F)c1. The van der Waals surface area contributed by atoms with E-state index in [0.29, 0.717) is 18.9 Å². The number of rotatable bonds is 2. The molecule has 14 heavy (non-hydrogen) atoms. The van der Waals surface area contributed by atoms with Crippen molar-refractivity contribution in [2.45, 2.75) is 12.1 Å². The van der Waals surface area contributed by atoms with Crippen molar-refractivity contribution in [2.75, 3.05) is 18.5 Å². The molecule has 2 rings (SSSR count). The van der Waals surface area contributed by atoms with Crippen LogP contribution in [-0.2, 0) is 4.74 Å². The Hall–Kier alpha value is -1.20. The number of hydrogen-bond donors (Lipinski definition) is 2. The fraction of sp³-hybridized carbons (Fsp3) is 0.444. The Bertz CT molecular complexity index is 321. The fourth-order valence-corrected chi connectivity index (χ4v) is 1.39. The molecule has 1 saturated heterocycles. The van der Waals surface area contributed by atoms with E-state index in [1.54, 1.807) is 6.07 Å². The second-order valence-corrected chi connectivity index (χ2v) is 3.22. The molecule has 0 saturated carbocycles. The van der Waals surface area contributed by atoms with E-state index in [-0.39, 0.29) is 6.04 Å². The molecule has 5 heteroatoms. The van der Waals surface area contributed by atoms with Crippen LogP contribution in [0.4, 0.5) is 10.1 Å². The molecule has 1 fully saturated rings. The monoisotopic (exact) mass is 198 g/mol. The van der Waals surface area contributed by atoms with E-state index in [9.17, 15) is 9.50 Å². The Morgan fingerprint density at radius 1 is 1.57 bits per heavy atom. The number of aliphatic hydroxyl groups excluding tert-OH is 1. The maximum absolute atomic E-state index is 12.7. The van der Waals surface area contributed by atoms with Crippen LogP contribution in [-0.4, -0.2) is 35.5 Å². The molecule has 1 aromatic rings. The van der Waals surface area contributed by atoms with E-state index in [4.69, 9.17) is 4.74 Å². The minimum absolute atomic E-state index is 0.170. The number of pyridine rings is 1. The van der Waals surface area contributed by atoms with Gasteiger partial charge >= 0.3 is 0 Å². The van der Waals surface area contributed by atoms with E-state index in [0.717, 1.165) is 0 Å². The van der Waals surface area contributed by atoms with E-state index < -0.39 is 12.1 Å². The van der Waals surface area contributed by atoms with Gasteiger partial charge in [0, 0.05) is 18.0 Å². The molecule has 1 aliphatic rings. The van der Waals surface area contributed by atoms with Gasteiger partial charge in [-0.15, -0.1) is 0 Å². The third-order valence-corrected chi connectivity index (χ3v) is 2.13. The molecule has 2 heterocycles. The van der Waals surface area contributed by atoms with Crippen molar-refractivity contribution in [2.24, 2.45) is 0 Å². The van der Waals surface area contributed by atoms with Crippen molar-refractivity contribution in [3.05, 3.63) is 24.3 Å². The lowest BCUT2D eigenvalue weighted by Crippen LogP contribution is -2.31. The summed E-state index contributed by atoms with van der Waals surface area (Å²) in [7, 11) is 0. The van der Waals surface area contributed by atoms with Gasteiger partial charge in [-0.3, -0.25) is 0 Å². The first kappa shape index (κ1) is 9.36. The summed E-state index contributed by atoms with van der Waals surface area (Å²) in [5.41, 5.74) is 0.604. The molecule has 0 radical (unpaired) electrons. The van der Waals surface area contributed by atoms with E-state index >= 15 is 0 Å². The van der Waals surface area contributed by atoms with E-state index in [2.05, 4.69) is 10.3 Å². The molecule has 0 spiro atoms. The van der Waals surface area contributed by atoms with Gasteiger partial charge in [-0.2, -0.15) is 4.39 Å². The van der Waals surface area contributed by atoms with Crippen LogP contribution >= 0.6 is 0 Å². The molecule has 0 aliphatic carbocycles. The van der Waals surface area contributed by atoms with Crippen LogP contribution < -0.4 is 5.32 Å². The highest BCUT2D eigenvalue weighted by Crippen LogP contribution is 2.14. The lowest BCUT2D eigenvalue weighted by molar-refractivity contribution is 0.125. The number of halogens is 1. The molecular formula is C9H11FN2O2. The zero-order valence-corrected chi connectivity index (χ0v) is 7.48. The molecule has 76 valence electrons. The Labute approximate surface area is 80.7 Å². The van der Waals surface area contributed by atoms with Crippen LogP contribution in [0.1, 0.15) is 0 Å². The Morgan fingerprint density at radius 2 is 2.43 bits per heavy atom. The minimum Gasteiger partial charge on any atom is -0.388 e. The average molecular weight is 198 g/mol. The van der Waals surface area contributed by atoms with Crippen LogP contribution in [0, 0.1) is 5.95 Å². The molecule has 2 atom stereocenters. The van der Waals surface area contributed by atoms with Crippen LogP contribution in [0.3, 0.4) is 0 Å². The van der Waals surface area contributed by atoms with Gasteiger partial charge in [-0.05, 0) is 6.07 Å². The van der Waals surface area contributed by atoms with Crippen LogP contribution in [0.2, 0.25) is 0 Å². The first-order chi connectivity index (χ1) is 6.75. The van der Waals surface area contributed by atoms with Gasteiger partial charge in [0.25, 0.3) is 0 Å². The first-order valence-electron chi connectivity index (χ1n) is 4.39. The highest BCUT2D eigenvalue weighted by molar-refractivity contribution is 5.42. The summed E-state index contributed by atoms with van der Waals surface area (Å²) in [6.07, 6.45) is 0.839. The van der Waals surface area contributed by atoms with Crippen LogP contribution in [0.15, 0.2) is 18.3 Å². The Balaban J connectivity index is 2.03. The predicted octanol–water partition coefficient (Wildman–Crippen LogP) is 0.392. The van der Waals surface area contributed by atoms with Gasteiger partial charge in [-0.1, -0.05) is 0 Å². The van der Waals surface area contributed by atoms with Crippen LogP contribution in [0.25, 0.3) is 0 Å². The summed E-state index contributed by atoms with van der Waals surface area (Å²) >= 11 is 0. The summed E-state index contributed by atoms with van der Waals surface area (Å²) < 4.78 is 17.7.